The molecule has 0 aliphatic carbocycles. The van der Waals surface area contributed by atoms with Crippen molar-refractivity contribution in [1.82, 2.24) is 0 Å². The van der Waals surface area contributed by atoms with Crippen LogP contribution < -0.4 is 0 Å². The molecule has 0 spiro atoms. The topological polar surface area (TPSA) is 101 Å². The third-order valence-electron chi connectivity index (χ3n) is 1.45. The molecule has 0 rings (SSSR count). The van der Waals surface area contributed by atoms with Crippen LogP contribution in [0.2, 0.25) is 0 Å². The first-order valence-corrected chi connectivity index (χ1v) is 5.30. The standard InChI is InChI=1S/C9H18O.C2H2O5/c1-7(2)5-9(10)6-8(3)4;3-1(4)7-2(5)6/h7-8H,5-6H2,1-4H3;(H,3,4)(H,5,6). The van der Waals surface area contributed by atoms with Crippen molar-refractivity contribution in [2.24, 2.45) is 11.8 Å². The SMILES string of the molecule is CC(C)CC(=O)CC(C)C.O=C(O)OC(=O)O. The summed E-state index contributed by atoms with van der Waals surface area (Å²) in [4.78, 5) is 29.5. The molecule has 0 fully saturated rings. The normalized spacial score (nSPS) is 9.53. The molecule has 6 nitrogen and oxygen atoms in total. The number of carbonyl (C=O) groups excluding carboxylic acids is 1. The van der Waals surface area contributed by atoms with E-state index in [-0.39, 0.29) is 0 Å². The number of hydrogen-bond donors (Lipinski definition) is 2. The first kappa shape index (κ1) is 17.8. The van der Waals surface area contributed by atoms with Gasteiger partial charge in [-0.25, -0.2) is 9.59 Å². The molecule has 0 amide bonds. The quantitative estimate of drug-likeness (QED) is 0.585. The molecule has 2 N–H and O–H groups in total. The lowest BCUT2D eigenvalue weighted by Crippen LogP contribution is -2.05. The molecule has 0 aliphatic rings. The lowest BCUT2D eigenvalue weighted by molar-refractivity contribution is -0.120. The summed E-state index contributed by atoms with van der Waals surface area (Å²) in [6, 6.07) is 0. The molecule has 0 aliphatic heterocycles. The van der Waals surface area contributed by atoms with Gasteiger partial charge in [0.2, 0.25) is 0 Å². The number of Topliss-reactive ketones (excluding diaryl/α,β-unsaturated/α-hetero) is 1. The number of ketones is 1. The smallest absolute Gasteiger partial charge is 0.449 e. The summed E-state index contributed by atoms with van der Waals surface area (Å²) in [5.41, 5.74) is 0. The molecule has 0 radical (unpaired) electrons. The summed E-state index contributed by atoms with van der Waals surface area (Å²) in [7, 11) is 0. The number of carboxylic acid groups (broad SMARTS) is 2. The minimum Gasteiger partial charge on any atom is -0.449 e. The molecule has 0 bridgehead atoms. The van der Waals surface area contributed by atoms with Crippen molar-refractivity contribution in [2.75, 3.05) is 0 Å². The van der Waals surface area contributed by atoms with Crippen LogP contribution in [0.5, 0.6) is 0 Å². The molecule has 0 unspecified atom stereocenters. The van der Waals surface area contributed by atoms with Crippen LogP contribution in [0.25, 0.3) is 0 Å². The van der Waals surface area contributed by atoms with E-state index in [4.69, 9.17) is 10.2 Å². The zero-order chi connectivity index (χ0) is 14.0. The highest BCUT2D eigenvalue weighted by Gasteiger charge is 2.06. The van der Waals surface area contributed by atoms with E-state index >= 15 is 0 Å². The maximum absolute atomic E-state index is 11.1. The van der Waals surface area contributed by atoms with E-state index in [0.29, 0.717) is 17.6 Å². The van der Waals surface area contributed by atoms with Crippen molar-refractivity contribution in [3.05, 3.63) is 0 Å². The Kier molecular flexibility index (Phi) is 10.1. The average molecular weight is 248 g/mol. The maximum atomic E-state index is 11.1. The van der Waals surface area contributed by atoms with Gasteiger partial charge >= 0.3 is 12.3 Å². The molecular formula is C11H20O6. The van der Waals surface area contributed by atoms with Crippen molar-refractivity contribution in [3.63, 3.8) is 0 Å². The van der Waals surface area contributed by atoms with Crippen molar-refractivity contribution in [1.29, 1.82) is 0 Å². The summed E-state index contributed by atoms with van der Waals surface area (Å²) >= 11 is 0. The largest absolute Gasteiger partial charge is 0.516 e. The maximum Gasteiger partial charge on any atom is 0.516 e. The van der Waals surface area contributed by atoms with E-state index in [1.165, 1.54) is 0 Å². The molecule has 100 valence electrons. The van der Waals surface area contributed by atoms with Crippen LogP contribution in [0, 0.1) is 11.8 Å². The van der Waals surface area contributed by atoms with Gasteiger partial charge in [-0.05, 0) is 11.8 Å². The average Bonchev–Trinajstić information content (AvgIpc) is 1.97. The first-order chi connectivity index (χ1) is 7.65. The predicted octanol–water partition coefficient (Wildman–Crippen LogP) is 3.01. The van der Waals surface area contributed by atoms with Crippen LogP contribution in [0.15, 0.2) is 0 Å². The highest BCUT2D eigenvalue weighted by atomic mass is 16.7. The summed E-state index contributed by atoms with van der Waals surface area (Å²) in [5, 5.41) is 15.0. The van der Waals surface area contributed by atoms with E-state index in [1.807, 2.05) is 0 Å². The molecule has 0 heterocycles. The fourth-order valence-corrected chi connectivity index (χ4v) is 1.07. The Morgan fingerprint density at radius 3 is 1.29 bits per heavy atom. The fraction of sp³-hybridized carbons (Fsp3) is 0.727. The van der Waals surface area contributed by atoms with Crippen LogP contribution in [-0.2, 0) is 9.53 Å². The van der Waals surface area contributed by atoms with Crippen LogP contribution in [0.1, 0.15) is 40.5 Å². The van der Waals surface area contributed by atoms with E-state index in [9.17, 15) is 14.4 Å². The fourth-order valence-electron chi connectivity index (χ4n) is 1.07. The lowest BCUT2D eigenvalue weighted by Gasteiger charge is -2.05. The van der Waals surface area contributed by atoms with E-state index in [1.54, 1.807) is 0 Å². The van der Waals surface area contributed by atoms with Gasteiger partial charge in [-0.3, -0.25) is 4.79 Å². The molecule has 0 aromatic heterocycles. The Hall–Kier alpha value is -1.59. The highest BCUT2D eigenvalue weighted by molar-refractivity contribution is 5.78. The van der Waals surface area contributed by atoms with E-state index < -0.39 is 12.3 Å². The molecule has 17 heavy (non-hydrogen) atoms. The van der Waals surface area contributed by atoms with Crippen molar-refractivity contribution >= 4 is 18.1 Å². The first-order valence-electron chi connectivity index (χ1n) is 5.30. The van der Waals surface area contributed by atoms with Crippen LogP contribution in [0.3, 0.4) is 0 Å². The lowest BCUT2D eigenvalue weighted by atomic mass is 10.00. The molecule has 0 saturated heterocycles. The molecule has 0 aromatic rings. The Morgan fingerprint density at radius 1 is 0.882 bits per heavy atom. The van der Waals surface area contributed by atoms with Gasteiger partial charge in [0.15, 0.2) is 0 Å². The van der Waals surface area contributed by atoms with Gasteiger partial charge in [0, 0.05) is 12.8 Å². The van der Waals surface area contributed by atoms with Gasteiger partial charge in [0.05, 0.1) is 0 Å². The summed E-state index contributed by atoms with van der Waals surface area (Å²) in [5.74, 6) is 1.45. The van der Waals surface area contributed by atoms with E-state index in [2.05, 4.69) is 32.4 Å². The van der Waals surface area contributed by atoms with Gasteiger partial charge in [-0.1, -0.05) is 27.7 Å². The Bertz CT molecular complexity index is 233. The van der Waals surface area contributed by atoms with Gasteiger partial charge in [0.25, 0.3) is 0 Å². The Morgan fingerprint density at radius 2 is 1.18 bits per heavy atom. The highest BCUT2D eigenvalue weighted by Crippen LogP contribution is 2.07. The van der Waals surface area contributed by atoms with Crippen molar-refractivity contribution < 1.29 is 29.3 Å². The van der Waals surface area contributed by atoms with Gasteiger partial charge < -0.3 is 14.9 Å². The minimum absolute atomic E-state index is 0.407. The van der Waals surface area contributed by atoms with Gasteiger partial charge in [0.1, 0.15) is 5.78 Å². The van der Waals surface area contributed by atoms with Crippen LogP contribution in [0.4, 0.5) is 9.59 Å². The zero-order valence-corrected chi connectivity index (χ0v) is 10.6. The number of ether oxygens (including phenoxy) is 1. The molecular weight excluding hydrogens is 228 g/mol. The van der Waals surface area contributed by atoms with Crippen LogP contribution >= 0.6 is 0 Å². The zero-order valence-electron chi connectivity index (χ0n) is 10.6. The molecule has 0 aromatic carbocycles. The minimum atomic E-state index is -1.81. The number of carbonyl (C=O) groups is 3. The van der Waals surface area contributed by atoms with Gasteiger partial charge in [-0.15, -0.1) is 0 Å². The Labute approximate surface area is 101 Å². The predicted molar refractivity (Wildman–Crippen MR) is 61.1 cm³/mol. The second-order valence-corrected chi connectivity index (χ2v) is 4.37. The van der Waals surface area contributed by atoms with E-state index in [0.717, 1.165) is 12.8 Å². The van der Waals surface area contributed by atoms with Crippen molar-refractivity contribution in [2.45, 2.75) is 40.5 Å². The third-order valence-corrected chi connectivity index (χ3v) is 1.45. The molecule has 0 saturated carbocycles. The summed E-state index contributed by atoms with van der Waals surface area (Å²) in [6.45, 7) is 8.33. The number of hydrogen-bond acceptors (Lipinski definition) is 4. The number of rotatable bonds is 4. The second-order valence-electron chi connectivity index (χ2n) is 4.37. The van der Waals surface area contributed by atoms with Crippen LogP contribution in [-0.4, -0.2) is 28.3 Å². The molecule has 6 heteroatoms. The summed E-state index contributed by atoms with van der Waals surface area (Å²) < 4.78 is 3.08. The molecule has 0 atom stereocenters. The van der Waals surface area contributed by atoms with Gasteiger partial charge in [-0.2, -0.15) is 0 Å². The summed E-state index contributed by atoms with van der Waals surface area (Å²) in [6.07, 6.45) is -2.13. The third kappa shape index (κ3) is 20.5. The monoisotopic (exact) mass is 248 g/mol. The second kappa shape index (κ2) is 9.62. The Balaban J connectivity index is 0. The van der Waals surface area contributed by atoms with Crippen molar-refractivity contribution in [3.8, 4) is 0 Å².